The SMILES string of the molecule is Cn1nccc1CCC(N)c1cnn2ccncc12. The van der Waals surface area contributed by atoms with Gasteiger partial charge in [-0.1, -0.05) is 0 Å². The Bertz CT molecular complexity index is 683. The predicted octanol–water partition coefficient (Wildman–Crippen LogP) is 1.10. The van der Waals surface area contributed by atoms with Crippen LogP contribution in [0.5, 0.6) is 0 Å². The summed E-state index contributed by atoms with van der Waals surface area (Å²) in [5.74, 6) is 0. The molecule has 3 aromatic heterocycles. The lowest BCUT2D eigenvalue weighted by molar-refractivity contribution is 0.616. The minimum atomic E-state index is -0.0448. The van der Waals surface area contributed by atoms with Crippen LogP contribution in [0.1, 0.15) is 23.7 Å². The number of rotatable bonds is 4. The Morgan fingerprint density at radius 3 is 2.95 bits per heavy atom. The highest BCUT2D eigenvalue weighted by Gasteiger charge is 2.13. The van der Waals surface area contributed by atoms with Crippen molar-refractivity contribution in [2.45, 2.75) is 18.9 Å². The van der Waals surface area contributed by atoms with Gasteiger partial charge in [0, 0.05) is 42.9 Å². The van der Waals surface area contributed by atoms with Crippen LogP contribution in [0.2, 0.25) is 0 Å². The van der Waals surface area contributed by atoms with Crippen LogP contribution in [0.25, 0.3) is 5.52 Å². The summed E-state index contributed by atoms with van der Waals surface area (Å²) < 4.78 is 3.68. The number of nitrogens with two attached hydrogens (primary N) is 1. The second-order valence-electron chi connectivity index (χ2n) is 4.60. The molecule has 0 bridgehead atoms. The van der Waals surface area contributed by atoms with Crippen molar-refractivity contribution in [3.05, 3.63) is 48.3 Å². The Kier molecular flexibility index (Phi) is 3.00. The third-order valence-corrected chi connectivity index (χ3v) is 3.39. The molecule has 6 heteroatoms. The summed E-state index contributed by atoms with van der Waals surface area (Å²) >= 11 is 0. The van der Waals surface area contributed by atoms with E-state index in [1.54, 1.807) is 23.1 Å². The molecule has 0 amide bonds. The first kappa shape index (κ1) is 11.9. The maximum atomic E-state index is 6.26. The summed E-state index contributed by atoms with van der Waals surface area (Å²) in [6.45, 7) is 0. The van der Waals surface area contributed by atoms with Gasteiger partial charge in [0.2, 0.25) is 0 Å². The van der Waals surface area contributed by atoms with Gasteiger partial charge in [0.15, 0.2) is 0 Å². The average molecular weight is 256 g/mol. The second kappa shape index (κ2) is 4.81. The molecule has 1 unspecified atom stereocenters. The van der Waals surface area contributed by atoms with Crippen LogP contribution in [0.4, 0.5) is 0 Å². The molecule has 98 valence electrons. The zero-order valence-electron chi connectivity index (χ0n) is 10.8. The van der Waals surface area contributed by atoms with Crippen LogP contribution in [0.3, 0.4) is 0 Å². The van der Waals surface area contributed by atoms with E-state index in [2.05, 4.69) is 15.2 Å². The number of aromatic nitrogens is 5. The van der Waals surface area contributed by atoms with E-state index in [0.29, 0.717) is 0 Å². The fourth-order valence-electron chi connectivity index (χ4n) is 2.24. The van der Waals surface area contributed by atoms with Crippen LogP contribution >= 0.6 is 0 Å². The monoisotopic (exact) mass is 256 g/mol. The van der Waals surface area contributed by atoms with Gasteiger partial charge in [-0.05, 0) is 18.9 Å². The smallest absolute Gasteiger partial charge is 0.0892 e. The number of nitrogens with zero attached hydrogens (tertiary/aromatic N) is 5. The van der Waals surface area contributed by atoms with Gasteiger partial charge in [0.25, 0.3) is 0 Å². The van der Waals surface area contributed by atoms with Crippen molar-refractivity contribution >= 4 is 5.52 Å². The third-order valence-electron chi connectivity index (χ3n) is 3.39. The lowest BCUT2D eigenvalue weighted by atomic mass is 10.0. The Morgan fingerprint density at radius 2 is 2.16 bits per heavy atom. The molecule has 6 nitrogen and oxygen atoms in total. The van der Waals surface area contributed by atoms with Crippen molar-refractivity contribution < 1.29 is 0 Å². The summed E-state index contributed by atoms with van der Waals surface area (Å²) in [5.41, 5.74) is 9.46. The molecule has 3 rings (SSSR count). The fourth-order valence-corrected chi connectivity index (χ4v) is 2.24. The maximum absolute atomic E-state index is 6.26. The van der Waals surface area contributed by atoms with Crippen molar-refractivity contribution in [1.82, 2.24) is 24.4 Å². The predicted molar refractivity (Wildman–Crippen MR) is 71.4 cm³/mol. The van der Waals surface area contributed by atoms with Crippen LogP contribution in [0, 0.1) is 0 Å². The number of aryl methyl sites for hydroxylation is 2. The van der Waals surface area contributed by atoms with E-state index in [9.17, 15) is 0 Å². The molecular formula is C13H16N6. The molecule has 1 atom stereocenters. The molecule has 3 heterocycles. The molecular weight excluding hydrogens is 240 g/mol. The van der Waals surface area contributed by atoms with Gasteiger partial charge in [0.05, 0.1) is 17.9 Å². The molecule has 19 heavy (non-hydrogen) atoms. The molecule has 3 aromatic rings. The van der Waals surface area contributed by atoms with Crippen molar-refractivity contribution in [2.75, 3.05) is 0 Å². The van der Waals surface area contributed by atoms with E-state index in [-0.39, 0.29) is 6.04 Å². The van der Waals surface area contributed by atoms with Gasteiger partial charge in [-0.3, -0.25) is 9.67 Å². The fraction of sp³-hybridized carbons (Fsp3) is 0.308. The standard InChI is InChI=1S/C13H16N6/c1-18-10(4-5-16-18)2-3-12(14)11-8-17-19-7-6-15-9-13(11)19/h4-9,12H,2-3,14H2,1H3. The first-order valence-electron chi connectivity index (χ1n) is 6.25. The number of hydrogen-bond donors (Lipinski definition) is 1. The van der Waals surface area contributed by atoms with Crippen LogP contribution in [-0.4, -0.2) is 24.4 Å². The zero-order valence-corrected chi connectivity index (χ0v) is 10.8. The average Bonchev–Trinajstić information content (AvgIpc) is 3.02. The largest absolute Gasteiger partial charge is 0.324 e. The summed E-state index contributed by atoms with van der Waals surface area (Å²) in [4.78, 5) is 4.12. The molecule has 0 saturated carbocycles. The molecule has 0 aliphatic heterocycles. The quantitative estimate of drug-likeness (QED) is 0.758. The van der Waals surface area contributed by atoms with Gasteiger partial charge >= 0.3 is 0 Å². The molecule has 0 radical (unpaired) electrons. The van der Waals surface area contributed by atoms with E-state index in [1.807, 2.05) is 30.2 Å². The summed E-state index contributed by atoms with van der Waals surface area (Å²) in [7, 11) is 1.94. The van der Waals surface area contributed by atoms with Crippen molar-refractivity contribution in [3.8, 4) is 0 Å². The maximum Gasteiger partial charge on any atom is 0.0892 e. The third kappa shape index (κ3) is 2.22. The highest BCUT2D eigenvalue weighted by molar-refractivity contribution is 5.53. The number of fused-ring (bicyclic) bond motifs is 1. The Balaban J connectivity index is 1.77. The molecule has 0 saturated heterocycles. The molecule has 0 aromatic carbocycles. The first-order chi connectivity index (χ1) is 9.25. The van der Waals surface area contributed by atoms with Crippen molar-refractivity contribution in [3.63, 3.8) is 0 Å². The molecule has 2 N–H and O–H groups in total. The van der Waals surface area contributed by atoms with Gasteiger partial charge in [-0.2, -0.15) is 10.2 Å². The zero-order chi connectivity index (χ0) is 13.2. The highest BCUT2D eigenvalue weighted by Crippen LogP contribution is 2.20. The minimum Gasteiger partial charge on any atom is -0.324 e. The van der Waals surface area contributed by atoms with E-state index < -0.39 is 0 Å². The van der Waals surface area contributed by atoms with Crippen molar-refractivity contribution in [1.29, 1.82) is 0 Å². The summed E-state index contributed by atoms with van der Waals surface area (Å²) in [5, 5.41) is 8.44. The van der Waals surface area contributed by atoms with E-state index in [1.165, 1.54) is 5.69 Å². The molecule has 0 spiro atoms. The summed E-state index contributed by atoms with van der Waals surface area (Å²) in [6, 6.07) is 1.97. The normalized spacial score (nSPS) is 12.9. The Labute approximate surface area is 110 Å². The Hall–Kier alpha value is -2.21. The van der Waals surface area contributed by atoms with E-state index in [4.69, 9.17) is 5.73 Å². The highest BCUT2D eigenvalue weighted by atomic mass is 15.3. The van der Waals surface area contributed by atoms with Gasteiger partial charge in [-0.25, -0.2) is 4.52 Å². The van der Waals surface area contributed by atoms with Crippen LogP contribution in [0.15, 0.2) is 37.1 Å². The lowest BCUT2D eigenvalue weighted by Gasteiger charge is -2.10. The van der Waals surface area contributed by atoms with E-state index in [0.717, 1.165) is 23.9 Å². The van der Waals surface area contributed by atoms with Crippen molar-refractivity contribution in [2.24, 2.45) is 12.8 Å². The lowest BCUT2D eigenvalue weighted by Crippen LogP contribution is -2.12. The topological polar surface area (TPSA) is 74.0 Å². The van der Waals surface area contributed by atoms with E-state index >= 15 is 0 Å². The summed E-state index contributed by atoms with van der Waals surface area (Å²) in [6.07, 6.45) is 10.7. The molecule has 0 fully saturated rings. The van der Waals surface area contributed by atoms with Crippen LogP contribution in [-0.2, 0) is 13.5 Å². The number of hydrogen-bond acceptors (Lipinski definition) is 4. The molecule has 0 aliphatic rings. The molecule has 0 aliphatic carbocycles. The first-order valence-corrected chi connectivity index (χ1v) is 6.25. The van der Waals surface area contributed by atoms with Gasteiger partial charge in [-0.15, -0.1) is 0 Å². The van der Waals surface area contributed by atoms with Gasteiger partial charge in [0.1, 0.15) is 0 Å². The second-order valence-corrected chi connectivity index (χ2v) is 4.60. The van der Waals surface area contributed by atoms with Gasteiger partial charge < -0.3 is 5.73 Å². The Morgan fingerprint density at radius 1 is 1.26 bits per heavy atom. The minimum absolute atomic E-state index is 0.0448. The van der Waals surface area contributed by atoms with Crippen LogP contribution < -0.4 is 5.73 Å².